The summed E-state index contributed by atoms with van der Waals surface area (Å²) in [5.74, 6) is -0.952. The van der Waals surface area contributed by atoms with Crippen molar-refractivity contribution in [1.82, 2.24) is 19.7 Å². The number of halogens is 2. The normalized spacial score (nSPS) is 11.4. The fourth-order valence-electron chi connectivity index (χ4n) is 4.62. The van der Waals surface area contributed by atoms with E-state index in [1.165, 1.54) is 16.8 Å². The first-order chi connectivity index (χ1) is 20.4. The zero-order valence-corrected chi connectivity index (χ0v) is 23.5. The number of H-pyrrole nitrogens is 1. The average molecular weight is 593 g/mol. The highest BCUT2D eigenvalue weighted by molar-refractivity contribution is 6.31. The van der Waals surface area contributed by atoms with Gasteiger partial charge in [-0.1, -0.05) is 48.0 Å². The molecule has 0 saturated heterocycles. The Labute approximate surface area is 246 Å². The van der Waals surface area contributed by atoms with Crippen LogP contribution in [-0.4, -0.2) is 62.4 Å². The second-order valence-electron chi connectivity index (χ2n) is 9.77. The number of aromatic nitrogens is 4. The molecule has 2 heterocycles. The van der Waals surface area contributed by atoms with Crippen LogP contribution < -0.4 is 0 Å². The molecule has 0 aliphatic heterocycles. The highest BCUT2D eigenvalue weighted by Crippen LogP contribution is 2.33. The van der Waals surface area contributed by atoms with Crippen molar-refractivity contribution in [3.63, 3.8) is 0 Å². The van der Waals surface area contributed by atoms with Gasteiger partial charge in [0.05, 0.1) is 24.2 Å². The molecule has 9 nitrogen and oxygen atoms in total. The molecule has 3 aromatic carbocycles. The molecule has 5 rings (SSSR count). The lowest BCUT2D eigenvalue weighted by atomic mass is 9.99. The topological polar surface area (TPSA) is 122 Å². The number of imidazole rings is 1. The van der Waals surface area contributed by atoms with Crippen molar-refractivity contribution in [2.75, 3.05) is 26.4 Å². The Kier molecular flexibility index (Phi) is 9.48. The van der Waals surface area contributed by atoms with Gasteiger partial charge in [-0.05, 0) is 67.1 Å². The SMILES string of the molecule is O=C(O)COCCOCCCc1ccc(-c2nn(-c3nc4cc(Cl)ccc4[nH]3)c(O)c2CCc2ccc(F)cc2)cc1. The van der Waals surface area contributed by atoms with Crippen molar-refractivity contribution in [2.24, 2.45) is 0 Å². The van der Waals surface area contributed by atoms with Gasteiger partial charge >= 0.3 is 5.97 Å². The van der Waals surface area contributed by atoms with Gasteiger partial charge in [0.25, 0.3) is 0 Å². The van der Waals surface area contributed by atoms with E-state index in [0.29, 0.717) is 53.8 Å². The second-order valence-corrected chi connectivity index (χ2v) is 10.2. The van der Waals surface area contributed by atoms with Gasteiger partial charge in [0.2, 0.25) is 11.8 Å². The predicted octanol–water partition coefficient (Wildman–Crippen LogP) is 5.75. The molecule has 0 aliphatic carbocycles. The fourth-order valence-corrected chi connectivity index (χ4v) is 4.79. The summed E-state index contributed by atoms with van der Waals surface area (Å²) in [6.07, 6.45) is 2.66. The highest BCUT2D eigenvalue weighted by atomic mass is 35.5. The monoisotopic (exact) mass is 592 g/mol. The van der Waals surface area contributed by atoms with Gasteiger partial charge in [0.15, 0.2) is 0 Å². The van der Waals surface area contributed by atoms with Crippen molar-refractivity contribution < 1.29 is 28.9 Å². The summed E-state index contributed by atoms with van der Waals surface area (Å²) >= 11 is 6.13. The van der Waals surface area contributed by atoms with Crippen molar-refractivity contribution in [3.05, 3.63) is 94.3 Å². The van der Waals surface area contributed by atoms with Crippen LogP contribution >= 0.6 is 11.6 Å². The fraction of sp³-hybridized carbons (Fsp3) is 0.258. The maximum absolute atomic E-state index is 13.4. The quantitative estimate of drug-likeness (QED) is 0.140. The molecule has 0 fully saturated rings. The minimum Gasteiger partial charge on any atom is -0.493 e. The van der Waals surface area contributed by atoms with Gasteiger partial charge in [-0.25, -0.2) is 14.2 Å². The average Bonchev–Trinajstić information content (AvgIpc) is 3.54. The van der Waals surface area contributed by atoms with Crippen molar-refractivity contribution in [2.45, 2.75) is 25.7 Å². The molecule has 0 amide bonds. The molecule has 0 aliphatic rings. The molecule has 2 aromatic heterocycles. The molecule has 0 unspecified atom stereocenters. The zero-order valence-electron chi connectivity index (χ0n) is 22.7. The number of nitrogens with zero attached hydrogens (tertiary/aromatic N) is 3. The van der Waals surface area contributed by atoms with E-state index in [-0.39, 0.29) is 24.9 Å². The number of carboxylic acid groups (broad SMARTS) is 1. The Morgan fingerprint density at radius 1 is 0.929 bits per heavy atom. The van der Waals surface area contributed by atoms with E-state index >= 15 is 0 Å². The summed E-state index contributed by atoms with van der Waals surface area (Å²) in [6.45, 7) is 0.794. The lowest BCUT2D eigenvalue weighted by Crippen LogP contribution is -2.11. The van der Waals surface area contributed by atoms with Gasteiger partial charge < -0.3 is 24.7 Å². The van der Waals surface area contributed by atoms with E-state index in [9.17, 15) is 14.3 Å². The predicted molar refractivity (Wildman–Crippen MR) is 157 cm³/mol. The number of fused-ring (bicyclic) bond motifs is 1. The summed E-state index contributed by atoms with van der Waals surface area (Å²) in [6, 6.07) is 19.6. The van der Waals surface area contributed by atoms with Crippen LogP contribution in [0.4, 0.5) is 4.39 Å². The number of nitrogens with one attached hydrogen (secondary N) is 1. The van der Waals surface area contributed by atoms with Crippen LogP contribution in [0.25, 0.3) is 28.2 Å². The number of carbonyl (C=O) groups is 1. The Bertz CT molecular complexity index is 1650. The number of rotatable bonds is 14. The molecule has 42 heavy (non-hydrogen) atoms. The maximum Gasteiger partial charge on any atom is 0.329 e. The molecule has 3 N–H and O–H groups in total. The van der Waals surface area contributed by atoms with E-state index in [2.05, 4.69) is 9.97 Å². The van der Waals surface area contributed by atoms with Crippen LogP contribution in [0, 0.1) is 5.82 Å². The summed E-state index contributed by atoms with van der Waals surface area (Å²) in [5.41, 5.74) is 5.61. The standard InChI is InChI=1S/C31H30ClFN4O5/c32-23-10-14-26-27(18-23)35-31(34-26)37-30(40)25(13-7-21-5-11-24(33)12-6-21)29(36-37)22-8-3-20(4-9-22)2-1-15-41-16-17-42-19-28(38)39/h3-6,8-12,14,18,40H,1-2,7,13,15-17,19H2,(H,34,35)(H,38,39). The van der Waals surface area contributed by atoms with Crippen molar-refractivity contribution >= 4 is 28.6 Å². The number of aryl methyl sites for hydroxylation is 2. The molecule has 0 bridgehead atoms. The van der Waals surface area contributed by atoms with E-state index in [0.717, 1.165) is 35.0 Å². The molecule has 5 aromatic rings. The van der Waals surface area contributed by atoms with Gasteiger partial charge in [-0.2, -0.15) is 9.78 Å². The van der Waals surface area contributed by atoms with E-state index in [1.54, 1.807) is 24.3 Å². The van der Waals surface area contributed by atoms with E-state index in [4.69, 9.17) is 31.3 Å². The maximum atomic E-state index is 13.4. The Morgan fingerprint density at radius 2 is 1.64 bits per heavy atom. The van der Waals surface area contributed by atoms with Crippen LogP contribution in [0.3, 0.4) is 0 Å². The third-order valence-electron chi connectivity index (χ3n) is 6.75. The minimum atomic E-state index is -1.000. The number of hydrogen-bond donors (Lipinski definition) is 3. The van der Waals surface area contributed by atoms with E-state index in [1.807, 2.05) is 30.3 Å². The van der Waals surface area contributed by atoms with Gasteiger partial charge in [0.1, 0.15) is 18.1 Å². The van der Waals surface area contributed by atoms with Gasteiger partial charge in [0, 0.05) is 22.8 Å². The van der Waals surface area contributed by atoms with Crippen molar-refractivity contribution in [3.8, 4) is 23.1 Å². The Hall–Kier alpha value is -4.25. The molecular formula is C31H30ClFN4O5. The van der Waals surface area contributed by atoms with Crippen LogP contribution in [0.5, 0.6) is 5.88 Å². The van der Waals surface area contributed by atoms with Gasteiger partial charge in [-0.3, -0.25) is 0 Å². The molecule has 0 atom stereocenters. The third-order valence-corrected chi connectivity index (χ3v) is 6.98. The zero-order chi connectivity index (χ0) is 29.5. The third kappa shape index (κ3) is 7.33. The summed E-state index contributed by atoms with van der Waals surface area (Å²) in [4.78, 5) is 18.2. The first-order valence-electron chi connectivity index (χ1n) is 13.5. The number of hydrogen-bond acceptors (Lipinski definition) is 6. The lowest BCUT2D eigenvalue weighted by molar-refractivity contribution is -0.142. The van der Waals surface area contributed by atoms with Crippen LogP contribution in [0.1, 0.15) is 23.1 Å². The smallest absolute Gasteiger partial charge is 0.329 e. The molecule has 0 saturated carbocycles. The second kappa shape index (κ2) is 13.6. The summed E-state index contributed by atoms with van der Waals surface area (Å²) in [5, 5.41) is 25.2. The molecule has 0 spiro atoms. The number of carboxylic acids is 1. The first-order valence-corrected chi connectivity index (χ1v) is 13.9. The van der Waals surface area contributed by atoms with Crippen LogP contribution in [-0.2, 0) is 33.5 Å². The molecule has 218 valence electrons. The number of ether oxygens (including phenoxy) is 2. The summed E-state index contributed by atoms with van der Waals surface area (Å²) in [7, 11) is 0. The van der Waals surface area contributed by atoms with Crippen LogP contribution in [0.2, 0.25) is 5.02 Å². The van der Waals surface area contributed by atoms with E-state index < -0.39 is 5.97 Å². The minimum absolute atomic E-state index is 0.0224. The Morgan fingerprint density at radius 3 is 2.40 bits per heavy atom. The number of aliphatic carboxylic acids is 1. The highest BCUT2D eigenvalue weighted by Gasteiger charge is 2.21. The molecule has 11 heteroatoms. The van der Waals surface area contributed by atoms with Gasteiger partial charge in [-0.15, -0.1) is 0 Å². The number of benzene rings is 3. The molecular weight excluding hydrogens is 563 g/mol. The largest absolute Gasteiger partial charge is 0.493 e. The lowest BCUT2D eigenvalue weighted by Gasteiger charge is -2.07. The van der Waals surface area contributed by atoms with Crippen molar-refractivity contribution in [1.29, 1.82) is 0 Å². The number of aromatic hydroxyl groups is 1. The summed E-state index contributed by atoms with van der Waals surface area (Å²) < 4.78 is 25.3. The Balaban J connectivity index is 1.32. The number of aromatic amines is 1. The first kappa shape index (κ1) is 29.2. The molecule has 0 radical (unpaired) electrons. The van der Waals surface area contributed by atoms with Crippen LogP contribution in [0.15, 0.2) is 66.7 Å².